The molecule has 32 heavy (non-hydrogen) atoms. The number of nitriles is 1. The Morgan fingerprint density at radius 3 is 2.19 bits per heavy atom. The summed E-state index contributed by atoms with van der Waals surface area (Å²) in [7, 11) is 0. The van der Waals surface area contributed by atoms with E-state index in [4.69, 9.17) is 39.5 Å². The number of halogens is 5. The van der Waals surface area contributed by atoms with Crippen LogP contribution in [0.1, 0.15) is 5.82 Å². The average Bonchev–Trinajstić information content (AvgIpc) is 2.77. The minimum absolute atomic E-state index is 0.0187. The third-order valence-electron chi connectivity index (χ3n) is 4.40. The van der Waals surface area contributed by atoms with Gasteiger partial charge in [0.05, 0.1) is 16.3 Å². The summed E-state index contributed by atoms with van der Waals surface area (Å²) in [4.78, 5) is 8.50. The fourth-order valence-corrected chi connectivity index (χ4v) is 3.59. The van der Waals surface area contributed by atoms with Gasteiger partial charge in [-0.05, 0) is 48.0 Å². The van der Waals surface area contributed by atoms with Crippen molar-refractivity contribution in [1.29, 1.82) is 5.26 Å². The van der Waals surface area contributed by atoms with E-state index in [0.29, 0.717) is 26.7 Å². The second-order valence-corrected chi connectivity index (χ2v) is 7.78. The molecule has 0 aliphatic rings. The Labute approximate surface area is 196 Å². The highest BCUT2D eigenvalue weighted by Gasteiger charge is 2.22. The zero-order chi connectivity index (χ0) is 22.8. The third-order valence-corrected chi connectivity index (χ3v) is 5.20. The van der Waals surface area contributed by atoms with Crippen LogP contribution in [0.4, 0.5) is 8.78 Å². The van der Waals surface area contributed by atoms with Gasteiger partial charge in [0, 0.05) is 21.7 Å². The van der Waals surface area contributed by atoms with Crippen LogP contribution in [0.15, 0.2) is 60.7 Å². The molecular weight excluding hydrogens is 479 g/mol. The van der Waals surface area contributed by atoms with Crippen molar-refractivity contribution in [2.75, 3.05) is 0 Å². The smallest absolute Gasteiger partial charge is 0.236 e. The van der Waals surface area contributed by atoms with E-state index >= 15 is 0 Å². The molecule has 0 amide bonds. The van der Waals surface area contributed by atoms with Gasteiger partial charge in [0.15, 0.2) is 11.6 Å². The summed E-state index contributed by atoms with van der Waals surface area (Å²) in [5.41, 5.74) is 1.72. The highest BCUT2D eigenvalue weighted by atomic mass is 35.5. The van der Waals surface area contributed by atoms with Gasteiger partial charge in [0.1, 0.15) is 11.8 Å². The Bertz CT molecular complexity index is 1370. The highest BCUT2D eigenvalue weighted by Crippen LogP contribution is 2.42. The SMILES string of the molecule is N#Cc1nc(Oc2ccc(F)c(F)c2)c(-c2ccc(Cl)cc2)c(-c2ccc(Cl)cc2Cl)n1. The topological polar surface area (TPSA) is 58.8 Å². The van der Waals surface area contributed by atoms with Crippen LogP contribution in [0.25, 0.3) is 22.4 Å². The first kappa shape index (κ1) is 22.0. The van der Waals surface area contributed by atoms with E-state index in [0.717, 1.165) is 12.1 Å². The Hall–Kier alpha value is -3.24. The fraction of sp³-hybridized carbons (Fsp3) is 0. The van der Waals surface area contributed by atoms with Crippen LogP contribution in [0, 0.1) is 23.0 Å². The lowest BCUT2D eigenvalue weighted by molar-refractivity contribution is 0.448. The summed E-state index contributed by atoms with van der Waals surface area (Å²) in [6.45, 7) is 0. The van der Waals surface area contributed by atoms with Gasteiger partial charge < -0.3 is 4.74 Å². The Kier molecular flexibility index (Phi) is 6.24. The Balaban J connectivity index is 2.00. The van der Waals surface area contributed by atoms with Crippen LogP contribution in [0.5, 0.6) is 11.6 Å². The van der Waals surface area contributed by atoms with Crippen molar-refractivity contribution in [3.05, 3.63) is 93.2 Å². The van der Waals surface area contributed by atoms with E-state index in [1.165, 1.54) is 12.1 Å². The van der Waals surface area contributed by atoms with E-state index < -0.39 is 11.6 Å². The van der Waals surface area contributed by atoms with E-state index in [2.05, 4.69) is 9.97 Å². The minimum Gasteiger partial charge on any atom is -0.438 e. The van der Waals surface area contributed by atoms with Crippen LogP contribution in [-0.4, -0.2) is 9.97 Å². The number of hydrogen-bond acceptors (Lipinski definition) is 4. The van der Waals surface area contributed by atoms with Gasteiger partial charge in [0.2, 0.25) is 11.7 Å². The van der Waals surface area contributed by atoms with Gasteiger partial charge in [-0.3, -0.25) is 0 Å². The molecule has 4 rings (SSSR count). The van der Waals surface area contributed by atoms with Crippen LogP contribution >= 0.6 is 34.8 Å². The molecule has 1 heterocycles. The molecule has 9 heteroatoms. The predicted molar refractivity (Wildman–Crippen MR) is 119 cm³/mol. The van der Waals surface area contributed by atoms with Crippen molar-refractivity contribution in [3.63, 3.8) is 0 Å². The molecule has 0 N–H and O–H groups in total. The van der Waals surface area contributed by atoms with Crippen molar-refractivity contribution in [2.45, 2.75) is 0 Å². The van der Waals surface area contributed by atoms with E-state index in [-0.39, 0.29) is 28.2 Å². The van der Waals surface area contributed by atoms with E-state index in [1.54, 1.807) is 36.4 Å². The summed E-state index contributed by atoms with van der Waals surface area (Å²) >= 11 is 18.5. The lowest BCUT2D eigenvalue weighted by Crippen LogP contribution is -2.02. The number of benzene rings is 3. The molecule has 0 saturated heterocycles. The van der Waals surface area contributed by atoms with E-state index in [9.17, 15) is 14.0 Å². The molecule has 0 unspecified atom stereocenters. The number of nitrogens with zero attached hydrogens (tertiary/aromatic N) is 3. The number of hydrogen-bond donors (Lipinski definition) is 0. The largest absolute Gasteiger partial charge is 0.438 e. The number of ether oxygens (including phenoxy) is 1. The standard InChI is InChI=1S/C23H10Cl3F2N3O/c24-13-3-1-12(2-4-13)21-22(16-7-5-14(25)9-17(16)26)30-20(11-29)31-23(21)32-15-6-8-18(27)19(28)10-15/h1-10H. The van der Waals surface area contributed by atoms with Crippen LogP contribution < -0.4 is 4.74 Å². The molecule has 0 aliphatic carbocycles. The van der Waals surface area contributed by atoms with E-state index in [1.807, 2.05) is 6.07 Å². The minimum atomic E-state index is -1.09. The predicted octanol–water partition coefficient (Wildman–Crippen LogP) is 7.71. The van der Waals surface area contributed by atoms with Gasteiger partial charge >= 0.3 is 0 Å². The Morgan fingerprint density at radius 1 is 0.812 bits per heavy atom. The van der Waals surface area contributed by atoms with Crippen molar-refractivity contribution >= 4 is 34.8 Å². The summed E-state index contributed by atoms with van der Waals surface area (Å²) < 4.78 is 32.9. The maximum absolute atomic E-state index is 13.7. The quantitative estimate of drug-likeness (QED) is 0.295. The third kappa shape index (κ3) is 4.51. The molecule has 0 aliphatic heterocycles. The van der Waals surface area contributed by atoms with Crippen LogP contribution in [0.3, 0.4) is 0 Å². The molecule has 3 aromatic carbocycles. The highest BCUT2D eigenvalue weighted by molar-refractivity contribution is 6.36. The van der Waals surface area contributed by atoms with Crippen molar-refractivity contribution in [3.8, 4) is 40.1 Å². The van der Waals surface area contributed by atoms with Crippen molar-refractivity contribution < 1.29 is 13.5 Å². The summed E-state index contributed by atoms with van der Waals surface area (Å²) in [5, 5.41) is 10.7. The van der Waals surface area contributed by atoms with Gasteiger partial charge in [0.25, 0.3) is 0 Å². The molecular formula is C23H10Cl3F2N3O. The van der Waals surface area contributed by atoms with Crippen LogP contribution in [0.2, 0.25) is 15.1 Å². The first-order valence-corrected chi connectivity index (χ1v) is 10.2. The van der Waals surface area contributed by atoms with Gasteiger partial charge in [-0.25, -0.2) is 13.8 Å². The molecule has 0 bridgehead atoms. The second-order valence-electron chi connectivity index (χ2n) is 6.50. The summed E-state index contributed by atoms with van der Waals surface area (Å²) in [6, 6.07) is 16.5. The molecule has 0 radical (unpaired) electrons. The zero-order valence-corrected chi connectivity index (χ0v) is 18.2. The molecule has 4 nitrogen and oxygen atoms in total. The molecule has 0 saturated carbocycles. The van der Waals surface area contributed by atoms with Gasteiger partial charge in [-0.15, -0.1) is 0 Å². The van der Waals surface area contributed by atoms with Crippen LogP contribution in [-0.2, 0) is 0 Å². The lowest BCUT2D eigenvalue weighted by Gasteiger charge is -2.16. The van der Waals surface area contributed by atoms with Crippen molar-refractivity contribution in [1.82, 2.24) is 9.97 Å². The summed E-state index contributed by atoms with van der Waals surface area (Å²) in [5.74, 6) is -2.39. The molecule has 158 valence electrons. The first-order valence-electron chi connectivity index (χ1n) is 9.02. The second kappa shape index (κ2) is 9.09. The average molecular weight is 489 g/mol. The number of aromatic nitrogens is 2. The zero-order valence-electron chi connectivity index (χ0n) is 15.9. The number of rotatable bonds is 4. The normalized spacial score (nSPS) is 10.6. The maximum atomic E-state index is 13.7. The monoisotopic (exact) mass is 487 g/mol. The van der Waals surface area contributed by atoms with Gasteiger partial charge in [-0.2, -0.15) is 10.2 Å². The lowest BCUT2D eigenvalue weighted by atomic mass is 10.00. The van der Waals surface area contributed by atoms with Gasteiger partial charge in [-0.1, -0.05) is 46.9 Å². The molecule has 0 atom stereocenters. The molecule has 4 aromatic rings. The Morgan fingerprint density at radius 2 is 1.53 bits per heavy atom. The fourth-order valence-electron chi connectivity index (χ4n) is 2.97. The maximum Gasteiger partial charge on any atom is 0.236 e. The molecule has 0 spiro atoms. The molecule has 0 fully saturated rings. The van der Waals surface area contributed by atoms with Crippen molar-refractivity contribution in [2.24, 2.45) is 0 Å². The molecule has 1 aromatic heterocycles. The summed E-state index contributed by atoms with van der Waals surface area (Å²) in [6.07, 6.45) is 0. The first-order chi connectivity index (χ1) is 15.4.